The summed E-state index contributed by atoms with van der Waals surface area (Å²) in [6, 6.07) is 0. The monoisotopic (exact) mass is 298 g/mol. The first-order valence-corrected chi connectivity index (χ1v) is 5.02. The normalized spacial score (nSPS) is 13.3. The van der Waals surface area contributed by atoms with Crippen LogP contribution in [-0.4, -0.2) is 0 Å². The first-order valence-electron chi connectivity index (χ1n) is 3.71. The Hall–Kier alpha value is -0.260. The number of hydrogen-bond acceptors (Lipinski definition) is 0. The molecule has 0 radical (unpaired) electrons. The third-order valence-corrected chi connectivity index (χ3v) is 2.42. The molecule has 0 aliphatic heterocycles. The van der Waals surface area contributed by atoms with E-state index in [0.717, 1.165) is 0 Å². The van der Waals surface area contributed by atoms with Gasteiger partial charge in [0, 0.05) is 0 Å². The van der Waals surface area contributed by atoms with Gasteiger partial charge in [-0.2, -0.15) is 0 Å². The second kappa shape index (κ2) is 4.94. The Morgan fingerprint density at radius 2 is 1.00 bits per heavy atom. The summed E-state index contributed by atoms with van der Waals surface area (Å²) in [4.78, 5) is -1.83. The number of hydrogen-bond donors (Lipinski definition) is 0. The number of rotatable bonds is 2. The molecule has 0 nitrogen and oxygen atoms in total. The molecule has 0 bridgehead atoms. The van der Waals surface area contributed by atoms with Crippen LogP contribution >= 0.6 is 34.8 Å². The fourth-order valence-electron chi connectivity index (χ4n) is 1.05. The maximum atomic E-state index is 13.1. The van der Waals surface area contributed by atoms with Crippen molar-refractivity contribution in [3.63, 3.8) is 0 Å². The molecule has 0 N–H and O–H groups in total. The molecule has 0 aliphatic rings. The Bertz CT molecular complexity index is 351. The van der Waals surface area contributed by atoms with E-state index in [0.29, 0.717) is 0 Å². The molecule has 0 fully saturated rings. The van der Waals surface area contributed by atoms with E-state index in [1.54, 1.807) is 0 Å². The molecule has 8 heteroatoms. The molecule has 0 amide bonds. The molecule has 0 saturated heterocycles. The van der Waals surface area contributed by atoms with E-state index in [9.17, 15) is 22.0 Å². The van der Waals surface area contributed by atoms with Gasteiger partial charge in [0.05, 0.1) is 11.1 Å². The molecule has 0 aromatic heterocycles. The Labute approximate surface area is 102 Å². The van der Waals surface area contributed by atoms with Crippen molar-refractivity contribution in [2.45, 2.75) is 10.5 Å². The summed E-state index contributed by atoms with van der Waals surface area (Å²) in [5.41, 5.74) is -5.49. The molecular formula is C8H2Cl3F5. The van der Waals surface area contributed by atoms with Gasteiger partial charge in [-0.25, -0.2) is 22.0 Å². The number of alkyl halides is 4. The smallest absolute Gasteiger partial charge is 0.204 e. The van der Waals surface area contributed by atoms with E-state index in [-0.39, 0.29) is 0 Å². The molecule has 0 spiro atoms. The molecule has 1 atom stereocenters. The Morgan fingerprint density at radius 1 is 0.688 bits per heavy atom. The zero-order valence-corrected chi connectivity index (χ0v) is 9.45. The van der Waals surface area contributed by atoms with E-state index in [1.807, 2.05) is 0 Å². The van der Waals surface area contributed by atoms with Crippen LogP contribution in [0.1, 0.15) is 21.6 Å². The fraction of sp³-hybridized carbons (Fsp3) is 0.250. The van der Waals surface area contributed by atoms with Gasteiger partial charge in [-0.05, 0) is 0 Å². The highest BCUT2D eigenvalue weighted by atomic mass is 35.5. The summed E-state index contributed by atoms with van der Waals surface area (Å²) in [5, 5.41) is 0. The van der Waals surface area contributed by atoms with Gasteiger partial charge in [0.1, 0.15) is 4.84 Å². The number of benzene rings is 1. The van der Waals surface area contributed by atoms with Gasteiger partial charge in [-0.3, -0.25) is 0 Å². The van der Waals surface area contributed by atoms with Crippen molar-refractivity contribution in [3.8, 4) is 0 Å². The minimum Gasteiger partial charge on any atom is -0.224 e. The largest absolute Gasteiger partial charge is 0.224 e. The average Bonchev–Trinajstić information content (AvgIpc) is 2.14. The summed E-state index contributed by atoms with van der Waals surface area (Å²) in [5.74, 6) is -7.65. The van der Waals surface area contributed by atoms with Gasteiger partial charge in [0.15, 0.2) is 23.3 Å². The Kier molecular flexibility index (Phi) is 4.26. The van der Waals surface area contributed by atoms with Crippen LogP contribution in [0.25, 0.3) is 0 Å². The summed E-state index contributed by atoms with van der Waals surface area (Å²) >= 11 is 15.0. The lowest BCUT2D eigenvalue weighted by Crippen LogP contribution is -2.08. The van der Waals surface area contributed by atoms with Crippen LogP contribution in [0, 0.1) is 23.3 Å². The van der Waals surface area contributed by atoms with Gasteiger partial charge in [0.25, 0.3) is 0 Å². The predicted molar refractivity (Wildman–Crippen MR) is 50.4 cm³/mol. The quantitative estimate of drug-likeness (QED) is 0.413. The molecule has 0 heterocycles. The minimum atomic E-state index is -2.72. The van der Waals surface area contributed by atoms with Crippen LogP contribution in [0.3, 0.4) is 0 Å². The zero-order chi connectivity index (χ0) is 12.6. The van der Waals surface area contributed by atoms with Crippen molar-refractivity contribution < 1.29 is 22.0 Å². The summed E-state index contributed by atoms with van der Waals surface area (Å²) in [6.45, 7) is 0. The predicted octanol–water partition coefficient (Wildman–Crippen LogP) is 4.93. The minimum absolute atomic E-state index is 1.22. The van der Waals surface area contributed by atoms with E-state index in [4.69, 9.17) is 34.8 Å². The zero-order valence-electron chi connectivity index (χ0n) is 7.18. The molecule has 1 unspecified atom stereocenters. The van der Waals surface area contributed by atoms with Crippen molar-refractivity contribution >= 4 is 34.8 Å². The first kappa shape index (κ1) is 13.8. The Balaban J connectivity index is 3.63. The van der Waals surface area contributed by atoms with Crippen molar-refractivity contribution in [1.29, 1.82) is 0 Å². The van der Waals surface area contributed by atoms with Crippen molar-refractivity contribution in [3.05, 3.63) is 34.4 Å². The third kappa shape index (κ3) is 2.21. The topological polar surface area (TPSA) is 0 Å². The highest BCUT2D eigenvalue weighted by Crippen LogP contribution is 2.37. The first-order chi connectivity index (χ1) is 7.29. The van der Waals surface area contributed by atoms with Crippen LogP contribution < -0.4 is 0 Å². The molecule has 1 rings (SSSR count). The SMILES string of the molecule is Fc1c(F)c(C(Cl)Cl)c(F)c(F)c1C(F)Cl. The molecular weight excluding hydrogens is 297 g/mol. The van der Waals surface area contributed by atoms with Gasteiger partial charge in [-0.15, -0.1) is 0 Å². The lowest BCUT2D eigenvalue weighted by atomic mass is 10.1. The van der Waals surface area contributed by atoms with Crippen LogP contribution in [0.5, 0.6) is 0 Å². The van der Waals surface area contributed by atoms with Gasteiger partial charge >= 0.3 is 0 Å². The van der Waals surface area contributed by atoms with Crippen LogP contribution in [-0.2, 0) is 0 Å². The maximum absolute atomic E-state index is 13.1. The van der Waals surface area contributed by atoms with E-state index in [2.05, 4.69) is 0 Å². The molecule has 0 aliphatic carbocycles. The van der Waals surface area contributed by atoms with Gasteiger partial charge < -0.3 is 0 Å². The molecule has 1 aromatic carbocycles. The fourth-order valence-corrected chi connectivity index (χ4v) is 1.62. The van der Waals surface area contributed by atoms with Gasteiger partial charge in [0.2, 0.25) is 5.63 Å². The highest BCUT2D eigenvalue weighted by Gasteiger charge is 2.31. The number of halogens is 8. The summed E-state index contributed by atoms with van der Waals surface area (Å²) < 4.78 is 65.0. The second-order valence-electron chi connectivity index (χ2n) is 2.68. The van der Waals surface area contributed by atoms with Crippen molar-refractivity contribution in [1.82, 2.24) is 0 Å². The summed E-state index contributed by atoms with van der Waals surface area (Å²) in [6.07, 6.45) is 0. The molecule has 16 heavy (non-hydrogen) atoms. The standard InChI is InChI=1S/C8H2Cl3F5/c9-7(10)1-3(12)5(14)2(8(11)16)6(15)4(1)13/h7-8H. The Morgan fingerprint density at radius 3 is 1.25 bits per heavy atom. The molecule has 1 aromatic rings. The lowest BCUT2D eigenvalue weighted by Gasteiger charge is -2.12. The third-order valence-electron chi connectivity index (χ3n) is 1.77. The maximum Gasteiger partial charge on any atom is 0.204 e. The van der Waals surface area contributed by atoms with E-state index >= 15 is 0 Å². The van der Waals surface area contributed by atoms with E-state index in [1.165, 1.54) is 0 Å². The van der Waals surface area contributed by atoms with Crippen LogP contribution in [0.15, 0.2) is 0 Å². The lowest BCUT2D eigenvalue weighted by molar-refractivity contribution is 0.379. The van der Waals surface area contributed by atoms with Crippen LogP contribution in [0.2, 0.25) is 0 Å². The van der Waals surface area contributed by atoms with E-state index < -0.39 is 44.9 Å². The average molecular weight is 299 g/mol. The van der Waals surface area contributed by atoms with Gasteiger partial charge in [-0.1, -0.05) is 34.8 Å². The van der Waals surface area contributed by atoms with Crippen molar-refractivity contribution in [2.75, 3.05) is 0 Å². The second-order valence-corrected chi connectivity index (χ2v) is 4.16. The highest BCUT2D eigenvalue weighted by molar-refractivity contribution is 6.44. The molecule has 0 saturated carbocycles. The van der Waals surface area contributed by atoms with Crippen LogP contribution in [0.4, 0.5) is 22.0 Å². The summed E-state index contributed by atoms with van der Waals surface area (Å²) in [7, 11) is 0. The molecule has 90 valence electrons. The van der Waals surface area contributed by atoms with Crippen molar-refractivity contribution in [2.24, 2.45) is 0 Å².